The maximum Gasteiger partial charge on any atom is 0.142 e. The second kappa shape index (κ2) is 7.33. The molecule has 1 heterocycles. The summed E-state index contributed by atoms with van der Waals surface area (Å²) in [5.74, 6) is 5.23. The Bertz CT molecular complexity index is 446. The van der Waals surface area contributed by atoms with Crippen LogP contribution in [0.5, 0.6) is 0 Å². The molecule has 1 aliphatic heterocycles. The zero-order valence-corrected chi connectivity index (χ0v) is 12.4. The number of nitrogens with two attached hydrogens (primary N) is 1. The summed E-state index contributed by atoms with van der Waals surface area (Å²) >= 11 is 5.69. The number of likely N-dealkylation sites (N-methyl/N-ethyl adjacent to an activating group) is 1. The van der Waals surface area contributed by atoms with Gasteiger partial charge in [0.05, 0.1) is 23.8 Å². The van der Waals surface area contributed by atoms with Gasteiger partial charge in [0.25, 0.3) is 0 Å². The van der Waals surface area contributed by atoms with E-state index in [0.717, 1.165) is 25.2 Å². The predicted molar refractivity (Wildman–Crippen MR) is 78.1 cm³/mol. The average molecular weight is 302 g/mol. The summed E-state index contributed by atoms with van der Waals surface area (Å²) in [6.45, 7) is 5.60. The largest absolute Gasteiger partial charge is 0.374 e. The standard InChI is InChI=1S/C14H21ClFN3O/c1-2-19-5-6-20-14(9-19)13(18-17)8-10-3-4-11(15)12(16)7-10/h3-4,7,13-14,18H,2,5-6,8-9,17H2,1H3. The van der Waals surface area contributed by atoms with Gasteiger partial charge in [-0.15, -0.1) is 0 Å². The van der Waals surface area contributed by atoms with Gasteiger partial charge >= 0.3 is 0 Å². The summed E-state index contributed by atoms with van der Waals surface area (Å²) < 4.78 is 19.3. The number of ether oxygens (including phenoxy) is 1. The fourth-order valence-corrected chi connectivity index (χ4v) is 2.60. The normalized spacial score (nSPS) is 21.9. The van der Waals surface area contributed by atoms with Gasteiger partial charge in [0.1, 0.15) is 5.82 Å². The first kappa shape index (κ1) is 15.7. The Morgan fingerprint density at radius 1 is 1.60 bits per heavy atom. The van der Waals surface area contributed by atoms with Crippen molar-refractivity contribution in [1.29, 1.82) is 0 Å². The highest BCUT2D eigenvalue weighted by atomic mass is 35.5. The van der Waals surface area contributed by atoms with Crippen LogP contribution in [0, 0.1) is 5.82 Å². The zero-order chi connectivity index (χ0) is 14.5. The van der Waals surface area contributed by atoms with E-state index in [2.05, 4.69) is 17.2 Å². The molecule has 112 valence electrons. The lowest BCUT2D eigenvalue weighted by Crippen LogP contribution is -2.54. The van der Waals surface area contributed by atoms with E-state index >= 15 is 0 Å². The number of morpholine rings is 1. The van der Waals surface area contributed by atoms with Crippen LogP contribution in [-0.4, -0.2) is 43.3 Å². The van der Waals surface area contributed by atoms with Crippen LogP contribution in [0.3, 0.4) is 0 Å². The number of hydrogen-bond donors (Lipinski definition) is 2. The summed E-state index contributed by atoms with van der Waals surface area (Å²) in [5, 5.41) is 0.136. The molecule has 0 radical (unpaired) electrons. The topological polar surface area (TPSA) is 50.5 Å². The quantitative estimate of drug-likeness (QED) is 0.640. The summed E-state index contributed by atoms with van der Waals surface area (Å²) in [7, 11) is 0. The predicted octanol–water partition coefficient (Wildman–Crippen LogP) is 1.57. The van der Waals surface area contributed by atoms with E-state index in [9.17, 15) is 4.39 Å². The molecule has 3 N–H and O–H groups in total. The van der Waals surface area contributed by atoms with Crippen molar-refractivity contribution in [2.24, 2.45) is 5.84 Å². The van der Waals surface area contributed by atoms with E-state index in [-0.39, 0.29) is 17.2 Å². The monoisotopic (exact) mass is 301 g/mol. The maximum absolute atomic E-state index is 13.5. The molecule has 0 saturated carbocycles. The van der Waals surface area contributed by atoms with Crippen molar-refractivity contribution in [2.75, 3.05) is 26.2 Å². The number of nitrogens with zero attached hydrogens (tertiary/aromatic N) is 1. The van der Waals surface area contributed by atoms with Crippen LogP contribution in [0.15, 0.2) is 18.2 Å². The molecular formula is C14H21ClFN3O. The van der Waals surface area contributed by atoms with Gasteiger partial charge in [0, 0.05) is 13.1 Å². The smallest absolute Gasteiger partial charge is 0.142 e. The zero-order valence-electron chi connectivity index (χ0n) is 11.6. The second-order valence-electron chi connectivity index (χ2n) is 5.03. The summed E-state index contributed by atoms with van der Waals surface area (Å²) in [6, 6.07) is 4.79. The lowest BCUT2D eigenvalue weighted by Gasteiger charge is -2.36. The molecule has 20 heavy (non-hydrogen) atoms. The van der Waals surface area contributed by atoms with Gasteiger partial charge in [0.15, 0.2) is 0 Å². The van der Waals surface area contributed by atoms with Crippen LogP contribution in [0.25, 0.3) is 0 Å². The molecule has 0 aromatic heterocycles. The number of halogens is 2. The Labute approximate surface area is 124 Å². The van der Waals surface area contributed by atoms with Crippen LogP contribution < -0.4 is 11.3 Å². The molecule has 1 fully saturated rings. The van der Waals surface area contributed by atoms with Gasteiger partial charge < -0.3 is 4.74 Å². The molecule has 4 nitrogen and oxygen atoms in total. The molecule has 0 spiro atoms. The van der Waals surface area contributed by atoms with Crippen molar-refractivity contribution in [3.8, 4) is 0 Å². The third-order valence-electron chi connectivity index (χ3n) is 3.73. The summed E-state index contributed by atoms with van der Waals surface area (Å²) in [6.07, 6.45) is 0.611. The molecule has 0 amide bonds. The minimum absolute atomic E-state index is 0.00689. The van der Waals surface area contributed by atoms with E-state index < -0.39 is 5.82 Å². The number of hydrazine groups is 1. The number of hydrogen-bond acceptors (Lipinski definition) is 4. The Morgan fingerprint density at radius 3 is 3.05 bits per heavy atom. The molecule has 1 aliphatic rings. The lowest BCUT2D eigenvalue weighted by atomic mass is 10.0. The third-order valence-corrected chi connectivity index (χ3v) is 4.03. The molecule has 1 aromatic carbocycles. The number of nitrogens with one attached hydrogen (secondary N) is 1. The average Bonchev–Trinajstić information content (AvgIpc) is 2.48. The Morgan fingerprint density at radius 2 is 2.40 bits per heavy atom. The molecule has 2 unspecified atom stereocenters. The van der Waals surface area contributed by atoms with Gasteiger partial charge in [-0.25, -0.2) is 4.39 Å². The van der Waals surface area contributed by atoms with Gasteiger partial charge in [0.2, 0.25) is 0 Å². The van der Waals surface area contributed by atoms with Crippen LogP contribution in [0.1, 0.15) is 12.5 Å². The van der Waals surface area contributed by atoms with Gasteiger partial charge in [-0.1, -0.05) is 24.6 Å². The van der Waals surface area contributed by atoms with Gasteiger partial charge in [-0.3, -0.25) is 16.2 Å². The fraction of sp³-hybridized carbons (Fsp3) is 0.571. The summed E-state index contributed by atoms with van der Waals surface area (Å²) in [5.41, 5.74) is 3.65. The lowest BCUT2D eigenvalue weighted by molar-refractivity contribution is -0.0448. The van der Waals surface area contributed by atoms with Gasteiger partial charge in [-0.2, -0.15) is 0 Å². The molecule has 2 rings (SSSR count). The first-order valence-electron chi connectivity index (χ1n) is 6.88. The molecular weight excluding hydrogens is 281 g/mol. The van der Waals surface area contributed by atoms with Gasteiger partial charge in [-0.05, 0) is 30.7 Å². The Balaban J connectivity index is 2.02. The Kier molecular flexibility index (Phi) is 5.74. The van der Waals surface area contributed by atoms with E-state index in [1.54, 1.807) is 6.07 Å². The highest BCUT2D eigenvalue weighted by molar-refractivity contribution is 6.30. The molecule has 0 bridgehead atoms. The Hall–Kier alpha value is -0.720. The number of benzene rings is 1. The minimum atomic E-state index is -0.403. The van der Waals surface area contributed by atoms with Crippen molar-refractivity contribution in [2.45, 2.75) is 25.5 Å². The van der Waals surface area contributed by atoms with Crippen molar-refractivity contribution in [1.82, 2.24) is 10.3 Å². The fourth-order valence-electron chi connectivity index (χ4n) is 2.48. The van der Waals surface area contributed by atoms with Crippen LogP contribution in [-0.2, 0) is 11.2 Å². The number of rotatable bonds is 5. The third kappa shape index (κ3) is 3.90. The van der Waals surface area contributed by atoms with E-state index in [4.69, 9.17) is 22.2 Å². The summed E-state index contributed by atoms with van der Waals surface area (Å²) in [4.78, 5) is 2.32. The van der Waals surface area contributed by atoms with Crippen LogP contribution in [0.2, 0.25) is 5.02 Å². The molecule has 1 aromatic rings. The molecule has 1 saturated heterocycles. The van der Waals surface area contributed by atoms with Crippen molar-refractivity contribution in [3.63, 3.8) is 0 Å². The molecule has 2 atom stereocenters. The van der Waals surface area contributed by atoms with E-state index in [1.807, 2.05) is 6.07 Å². The van der Waals surface area contributed by atoms with E-state index in [1.165, 1.54) is 6.07 Å². The maximum atomic E-state index is 13.5. The molecule has 6 heteroatoms. The minimum Gasteiger partial charge on any atom is -0.374 e. The second-order valence-corrected chi connectivity index (χ2v) is 5.44. The van der Waals surface area contributed by atoms with Crippen LogP contribution >= 0.6 is 11.6 Å². The SMILES string of the molecule is CCN1CCOC(C(Cc2ccc(Cl)c(F)c2)NN)C1. The molecule has 0 aliphatic carbocycles. The first-order valence-corrected chi connectivity index (χ1v) is 7.25. The highest BCUT2D eigenvalue weighted by Crippen LogP contribution is 2.18. The van der Waals surface area contributed by atoms with Crippen molar-refractivity contribution < 1.29 is 9.13 Å². The highest BCUT2D eigenvalue weighted by Gasteiger charge is 2.27. The first-order chi connectivity index (χ1) is 9.63. The van der Waals surface area contributed by atoms with Crippen molar-refractivity contribution in [3.05, 3.63) is 34.6 Å². The van der Waals surface area contributed by atoms with Crippen molar-refractivity contribution >= 4 is 11.6 Å². The van der Waals surface area contributed by atoms with Crippen LogP contribution in [0.4, 0.5) is 4.39 Å². The van der Waals surface area contributed by atoms with E-state index in [0.29, 0.717) is 13.0 Å².